The summed E-state index contributed by atoms with van der Waals surface area (Å²) in [5.74, 6) is 0. The van der Waals surface area contributed by atoms with Crippen LogP contribution in [0.15, 0.2) is 11.6 Å². The van der Waals surface area contributed by atoms with E-state index in [9.17, 15) is 5.11 Å². The molecule has 0 amide bonds. The highest BCUT2D eigenvalue weighted by Crippen LogP contribution is 2.78. The molecule has 0 aliphatic heterocycles. The molecule has 2 fully saturated rings. The molecule has 0 aromatic rings. The van der Waals surface area contributed by atoms with Crippen LogP contribution >= 0.6 is 0 Å². The molecule has 1 nitrogen and oxygen atoms in total. The largest absolute Gasteiger partial charge is 0.389 e. The molecule has 0 bridgehead atoms. The van der Waals surface area contributed by atoms with E-state index in [1.165, 1.54) is 31.3 Å². The summed E-state index contributed by atoms with van der Waals surface area (Å²) in [5, 5.41) is 10.9. The maximum atomic E-state index is 10.9. The predicted molar refractivity (Wildman–Crippen MR) is 66.1 cm³/mol. The highest BCUT2D eigenvalue weighted by Gasteiger charge is 2.74. The average molecular weight is 220 g/mol. The van der Waals surface area contributed by atoms with E-state index in [4.69, 9.17) is 0 Å². The Morgan fingerprint density at radius 1 is 1.06 bits per heavy atom. The first-order valence-electron chi connectivity index (χ1n) is 6.72. The van der Waals surface area contributed by atoms with Crippen LogP contribution in [-0.4, -0.2) is 10.7 Å². The van der Waals surface area contributed by atoms with Crippen LogP contribution in [0.1, 0.15) is 59.8 Å². The second-order valence-electron chi connectivity index (χ2n) is 7.16. The third kappa shape index (κ3) is 0.796. The summed E-state index contributed by atoms with van der Waals surface area (Å²) >= 11 is 0. The van der Waals surface area contributed by atoms with Crippen molar-refractivity contribution in [1.29, 1.82) is 0 Å². The van der Waals surface area contributed by atoms with Gasteiger partial charge in [0.25, 0.3) is 0 Å². The molecule has 3 aliphatic carbocycles. The Morgan fingerprint density at radius 2 is 1.75 bits per heavy atom. The van der Waals surface area contributed by atoms with Gasteiger partial charge in [-0.2, -0.15) is 0 Å². The molecule has 0 aromatic carbocycles. The van der Waals surface area contributed by atoms with Crippen molar-refractivity contribution in [3.05, 3.63) is 11.6 Å². The van der Waals surface area contributed by atoms with Crippen molar-refractivity contribution in [3.63, 3.8) is 0 Å². The molecule has 16 heavy (non-hydrogen) atoms. The summed E-state index contributed by atoms with van der Waals surface area (Å²) in [6.07, 6.45) is 8.46. The lowest BCUT2D eigenvalue weighted by molar-refractivity contribution is -0.0714. The fraction of sp³-hybridized carbons (Fsp3) is 0.867. The van der Waals surface area contributed by atoms with Gasteiger partial charge < -0.3 is 5.11 Å². The number of rotatable bonds is 0. The minimum absolute atomic E-state index is 0.101. The van der Waals surface area contributed by atoms with E-state index in [2.05, 4.69) is 33.8 Å². The summed E-state index contributed by atoms with van der Waals surface area (Å²) in [5.41, 5.74) is 1.72. The molecular formula is C15H24O. The predicted octanol–water partition coefficient (Wildman–Crippen LogP) is 3.67. The molecule has 0 radical (unpaired) electrons. The molecule has 0 aromatic heterocycles. The summed E-state index contributed by atoms with van der Waals surface area (Å²) in [7, 11) is 0. The molecule has 0 heterocycles. The fourth-order valence-electron chi connectivity index (χ4n) is 5.90. The Morgan fingerprint density at radius 3 is 2.38 bits per heavy atom. The smallest absolute Gasteiger partial charge is 0.0718 e. The van der Waals surface area contributed by atoms with Gasteiger partial charge in [0.2, 0.25) is 0 Å². The molecule has 2 saturated carbocycles. The van der Waals surface area contributed by atoms with E-state index < -0.39 is 5.60 Å². The lowest BCUT2D eigenvalue weighted by Gasteiger charge is -2.49. The van der Waals surface area contributed by atoms with Gasteiger partial charge in [-0.1, -0.05) is 31.9 Å². The monoisotopic (exact) mass is 220 g/mol. The van der Waals surface area contributed by atoms with Gasteiger partial charge in [-0.15, -0.1) is 0 Å². The van der Waals surface area contributed by atoms with Gasteiger partial charge in [0, 0.05) is 5.41 Å². The second-order valence-corrected chi connectivity index (χ2v) is 7.16. The van der Waals surface area contributed by atoms with Gasteiger partial charge in [-0.05, 0) is 50.4 Å². The standard InChI is InChI=1S/C15H24O/c1-11-10-12(2,3)14-6-5-7-15(11,14)13(4,16)8-9-14/h10,16H,5-9H2,1-4H3. The van der Waals surface area contributed by atoms with Crippen LogP contribution in [0.3, 0.4) is 0 Å². The second kappa shape index (κ2) is 2.58. The van der Waals surface area contributed by atoms with Crippen molar-refractivity contribution < 1.29 is 5.11 Å². The Bertz CT molecular complexity index is 377. The van der Waals surface area contributed by atoms with Gasteiger partial charge in [-0.25, -0.2) is 0 Å². The van der Waals surface area contributed by atoms with Crippen molar-refractivity contribution in [3.8, 4) is 0 Å². The van der Waals surface area contributed by atoms with E-state index in [-0.39, 0.29) is 10.8 Å². The maximum absolute atomic E-state index is 10.9. The molecule has 3 atom stereocenters. The molecule has 1 N–H and O–H groups in total. The first kappa shape index (κ1) is 10.8. The minimum atomic E-state index is -0.474. The summed E-state index contributed by atoms with van der Waals surface area (Å²) in [6, 6.07) is 0. The van der Waals surface area contributed by atoms with Crippen LogP contribution in [0.2, 0.25) is 0 Å². The SMILES string of the molecule is CC1=CC(C)(C)C23CCCC12C(C)(O)CC3. The summed E-state index contributed by atoms with van der Waals surface area (Å²) in [6.45, 7) is 9.10. The van der Waals surface area contributed by atoms with Crippen molar-refractivity contribution >= 4 is 0 Å². The molecule has 3 unspecified atom stereocenters. The Labute approximate surface area is 98.9 Å². The zero-order chi connectivity index (χ0) is 11.8. The molecule has 3 rings (SSSR count). The molecule has 90 valence electrons. The molecule has 1 heteroatoms. The van der Waals surface area contributed by atoms with Crippen molar-refractivity contribution in [2.24, 2.45) is 16.2 Å². The van der Waals surface area contributed by atoms with Crippen LogP contribution < -0.4 is 0 Å². The van der Waals surface area contributed by atoms with Gasteiger partial charge in [0.1, 0.15) is 0 Å². The zero-order valence-corrected chi connectivity index (χ0v) is 11.1. The highest BCUT2D eigenvalue weighted by molar-refractivity contribution is 5.40. The van der Waals surface area contributed by atoms with Crippen LogP contribution in [0.5, 0.6) is 0 Å². The van der Waals surface area contributed by atoms with Crippen LogP contribution in [0.25, 0.3) is 0 Å². The average Bonchev–Trinajstić information content (AvgIpc) is 2.67. The number of aliphatic hydroxyl groups is 1. The highest BCUT2D eigenvalue weighted by atomic mass is 16.3. The first-order valence-corrected chi connectivity index (χ1v) is 6.72. The van der Waals surface area contributed by atoms with E-state index in [0.29, 0.717) is 5.41 Å². The molecular weight excluding hydrogens is 196 g/mol. The number of hydrogen-bond donors (Lipinski definition) is 1. The van der Waals surface area contributed by atoms with Gasteiger partial charge in [0.15, 0.2) is 0 Å². The van der Waals surface area contributed by atoms with Crippen molar-refractivity contribution in [1.82, 2.24) is 0 Å². The van der Waals surface area contributed by atoms with Gasteiger partial charge in [0.05, 0.1) is 5.60 Å². The zero-order valence-electron chi connectivity index (χ0n) is 11.1. The lowest BCUT2D eigenvalue weighted by Crippen LogP contribution is -2.49. The van der Waals surface area contributed by atoms with E-state index >= 15 is 0 Å². The quantitative estimate of drug-likeness (QED) is 0.617. The molecule has 0 saturated heterocycles. The van der Waals surface area contributed by atoms with E-state index in [0.717, 1.165) is 6.42 Å². The van der Waals surface area contributed by atoms with Crippen LogP contribution in [0.4, 0.5) is 0 Å². The topological polar surface area (TPSA) is 20.2 Å². The Balaban J connectivity index is 2.27. The molecule has 3 aliphatic rings. The van der Waals surface area contributed by atoms with Crippen LogP contribution in [-0.2, 0) is 0 Å². The van der Waals surface area contributed by atoms with Crippen LogP contribution in [0, 0.1) is 16.2 Å². The van der Waals surface area contributed by atoms with E-state index in [1.807, 2.05) is 0 Å². The minimum Gasteiger partial charge on any atom is -0.389 e. The Kier molecular flexibility index (Phi) is 1.75. The number of hydrogen-bond acceptors (Lipinski definition) is 1. The molecule has 0 spiro atoms. The third-order valence-electron chi connectivity index (χ3n) is 6.41. The number of allylic oxidation sites excluding steroid dienone is 1. The summed E-state index contributed by atoms with van der Waals surface area (Å²) < 4.78 is 0. The third-order valence-corrected chi connectivity index (χ3v) is 6.41. The normalized spacial score (nSPS) is 53.7. The van der Waals surface area contributed by atoms with Gasteiger partial charge >= 0.3 is 0 Å². The van der Waals surface area contributed by atoms with Crippen molar-refractivity contribution in [2.45, 2.75) is 65.4 Å². The Hall–Kier alpha value is -0.300. The van der Waals surface area contributed by atoms with E-state index in [1.54, 1.807) is 0 Å². The van der Waals surface area contributed by atoms with Crippen molar-refractivity contribution in [2.75, 3.05) is 0 Å². The lowest BCUT2D eigenvalue weighted by atomic mass is 9.56. The van der Waals surface area contributed by atoms with Gasteiger partial charge in [-0.3, -0.25) is 0 Å². The fourth-order valence-corrected chi connectivity index (χ4v) is 5.90. The first-order chi connectivity index (χ1) is 7.29. The maximum Gasteiger partial charge on any atom is 0.0718 e. The summed E-state index contributed by atoms with van der Waals surface area (Å²) in [4.78, 5) is 0.